The lowest BCUT2D eigenvalue weighted by Gasteiger charge is -2.33. The number of nitrogens with zero attached hydrogens (tertiary/aromatic N) is 3. The van der Waals surface area contributed by atoms with Crippen LogP contribution in [0.1, 0.15) is 18.5 Å². The van der Waals surface area contributed by atoms with E-state index >= 15 is 0 Å². The monoisotopic (exact) mass is 457 g/mol. The number of fused-ring (bicyclic) bond motifs is 1. The van der Waals surface area contributed by atoms with Gasteiger partial charge in [-0.05, 0) is 36.8 Å². The van der Waals surface area contributed by atoms with E-state index < -0.39 is 5.25 Å². The van der Waals surface area contributed by atoms with Crippen LogP contribution in [0.2, 0.25) is 0 Å². The first-order valence-corrected chi connectivity index (χ1v) is 11.6. The van der Waals surface area contributed by atoms with E-state index in [1.807, 2.05) is 96.5 Å². The second-order valence-corrected chi connectivity index (χ2v) is 8.62. The third-order valence-electron chi connectivity index (χ3n) is 5.32. The molecule has 1 aliphatic heterocycles. The second kappa shape index (κ2) is 9.38. The summed E-state index contributed by atoms with van der Waals surface area (Å²) in [4.78, 5) is 13.4. The molecule has 33 heavy (non-hydrogen) atoms. The zero-order valence-corrected chi connectivity index (χ0v) is 18.8. The average molecular weight is 458 g/mol. The lowest BCUT2D eigenvalue weighted by atomic mass is 10.0. The Morgan fingerprint density at radius 3 is 2.39 bits per heavy atom. The van der Waals surface area contributed by atoms with Gasteiger partial charge in [-0.1, -0.05) is 72.4 Å². The molecule has 5 rings (SSSR count). The summed E-state index contributed by atoms with van der Waals surface area (Å²) < 4.78 is 7.36. The molecule has 0 bridgehead atoms. The molecule has 7 nitrogen and oxygen atoms in total. The molecule has 2 heterocycles. The minimum atomic E-state index is -0.445. The summed E-state index contributed by atoms with van der Waals surface area (Å²) in [5.41, 5.74) is 6.17. The van der Waals surface area contributed by atoms with E-state index in [1.165, 1.54) is 11.8 Å². The molecule has 0 aliphatic carbocycles. The number of aromatic nitrogens is 3. The molecule has 0 fully saturated rings. The van der Waals surface area contributed by atoms with Crippen LogP contribution in [0.3, 0.4) is 0 Å². The summed E-state index contributed by atoms with van der Waals surface area (Å²) >= 11 is 1.40. The maximum Gasteiger partial charge on any atom is 0.240 e. The minimum absolute atomic E-state index is 0.110. The molecule has 2 unspecified atom stereocenters. The minimum Gasteiger partial charge on any atom is -0.494 e. The first kappa shape index (κ1) is 21.1. The highest BCUT2D eigenvalue weighted by Gasteiger charge is 2.38. The van der Waals surface area contributed by atoms with E-state index in [4.69, 9.17) is 4.74 Å². The molecule has 2 N–H and O–H groups in total. The van der Waals surface area contributed by atoms with E-state index in [2.05, 4.69) is 20.9 Å². The maximum absolute atomic E-state index is 13.4. The number of hydrogen-bond donors (Lipinski definition) is 2. The standard InChI is InChI=1S/C25H23N5O2S/c1-2-32-20-15-13-19(14-16-20)26-24(31)22-21(17-9-5-3-6-10-17)29-30-23(27-28-25(30)33-22)18-11-7-4-8-12-18/h3-16,21-22,29H,2H2,1H3,(H,26,31). The lowest BCUT2D eigenvalue weighted by molar-refractivity contribution is -0.116. The van der Waals surface area contributed by atoms with Gasteiger partial charge in [0, 0.05) is 11.3 Å². The summed E-state index contributed by atoms with van der Waals surface area (Å²) in [5.74, 6) is 1.37. The Bertz CT molecular complexity index is 1230. The number of ether oxygens (including phenoxy) is 1. The van der Waals surface area contributed by atoms with Crippen molar-refractivity contribution < 1.29 is 9.53 Å². The van der Waals surface area contributed by atoms with Crippen molar-refractivity contribution >= 4 is 23.4 Å². The Kier molecular flexibility index (Phi) is 5.99. The maximum atomic E-state index is 13.4. The zero-order valence-electron chi connectivity index (χ0n) is 18.0. The number of carbonyl (C=O) groups is 1. The van der Waals surface area contributed by atoms with Gasteiger partial charge in [-0.2, -0.15) is 0 Å². The van der Waals surface area contributed by atoms with Crippen molar-refractivity contribution in [2.24, 2.45) is 0 Å². The van der Waals surface area contributed by atoms with Gasteiger partial charge in [0.25, 0.3) is 0 Å². The SMILES string of the molecule is CCOc1ccc(NC(=O)C2Sc3nnc(-c4ccccc4)n3NC2c2ccccc2)cc1. The fourth-order valence-corrected chi connectivity index (χ4v) is 4.83. The van der Waals surface area contributed by atoms with Gasteiger partial charge in [0.15, 0.2) is 5.82 Å². The van der Waals surface area contributed by atoms with Gasteiger partial charge in [-0.15, -0.1) is 10.2 Å². The molecular weight excluding hydrogens is 434 g/mol. The van der Waals surface area contributed by atoms with Crippen molar-refractivity contribution in [2.45, 2.75) is 23.4 Å². The molecule has 1 aliphatic rings. The Hall–Kier alpha value is -3.78. The quantitative estimate of drug-likeness (QED) is 0.435. The predicted molar refractivity (Wildman–Crippen MR) is 130 cm³/mol. The Morgan fingerprint density at radius 1 is 1.00 bits per heavy atom. The van der Waals surface area contributed by atoms with Gasteiger partial charge < -0.3 is 15.5 Å². The van der Waals surface area contributed by atoms with Crippen molar-refractivity contribution in [1.29, 1.82) is 0 Å². The molecule has 0 spiro atoms. The molecule has 8 heteroatoms. The predicted octanol–water partition coefficient (Wildman–Crippen LogP) is 4.74. The third kappa shape index (κ3) is 4.42. The van der Waals surface area contributed by atoms with Crippen molar-refractivity contribution in [3.8, 4) is 17.1 Å². The second-order valence-electron chi connectivity index (χ2n) is 7.51. The average Bonchev–Trinajstić information content (AvgIpc) is 3.29. The fraction of sp³-hybridized carbons (Fsp3) is 0.160. The van der Waals surface area contributed by atoms with Crippen LogP contribution in [-0.4, -0.2) is 32.6 Å². The fourth-order valence-electron chi connectivity index (χ4n) is 3.75. The smallest absolute Gasteiger partial charge is 0.240 e. The molecule has 1 amide bonds. The molecular formula is C25H23N5O2S. The summed E-state index contributed by atoms with van der Waals surface area (Å²) in [6.07, 6.45) is 0. The Labute approximate surface area is 196 Å². The van der Waals surface area contributed by atoms with Crippen molar-refractivity contribution in [2.75, 3.05) is 17.3 Å². The first-order valence-electron chi connectivity index (χ1n) is 10.8. The highest BCUT2D eigenvalue weighted by molar-refractivity contribution is 8.00. The van der Waals surface area contributed by atoms with Gasteiger partial charge in [-0.25, -0.2) is 4.68 Å². The number of nitrogens with one attached hydrogen (secondary N) is 2. The molecule has 1 aromatic heterocycles. The Morgan fingerprint density at radius 2 is 1.70 bits per heavy atom. The molecule has 0 saturated heterocycles. The zero-order chi connectivity index (χ0) is 22.6. The van der Waals surface area contributed by atoms with Crippen LogP contribution >= 0.6 is 11.8 Å². The number of amides is 1. The van der Waals surface area contributed by atoms with E-state index in [0.717, 1.165) is 16.9 Å². The molecule has 166 valence electrons. The van der Waals surface area contributed by atoms with Gasteiger partial charge in [0.2, 0.25) is 11.1 Å². The van der Waals surface area contributed by atoms with Crippen molar-refractivity contribution in [3.63, 3.8) is 0 Å². The van der Waals surface area contributed by atoms with Crippen molar-refractivity contribution in [3.05, 3.63) is 90.5 Å². The number of hydrogen-bond acceptors (Lipinski definition) is 6. The van der Waals surface area contributed by atoms with Gasteiger partial charge in [-0.3, -0.25) is 4.79 Å². The lowest BCUT2D eigenvalue weighted by Crippen LogP contribution is -2.41. The van der Waals surface area contributed by atoms with E-state index in [-0.39, 0.29) is 11.9 Å². The number of rotatable bonds is 6. The molecule has 0 saturated carbocycles. The summed E-state index contributed by atoms with van der Waals surface area (Å²) in [5, 5.41) is 12.0. The number of benzene rings is 3. The van der Waals surface area contributed by atoms with Crippen LogP contribution in [0, 0.1) is 0 Å². The summed E-state index contributed by atoms with van der Waals surface area (Å²) in [6, 6.07) is 27.0. The topological polar surface area (TPSA) is 81.1 Å². The number of carbonyl (C=O) groups excluding carboxylic acids is 1. The molecule has 3 aromatic carbocycles. The molecule has 0 radical (unpaired) electrons. The third-order valence-corrected chi connectivity index (χ3v) is 6.53. The van der Waals surface area contributed by atoms with E-state index in [9.17, 15) is 4.79 Å². The van der Waals surface area contributed by atoms with Crippen LogP contribution in [0.5, 0.6) is 5.75 Å². The first-order chi connectivity index (χ1) is 16.2. The Balaban J connectivity index is 1.45. The highest BCUT2D eigenvalue weighted by atomic mass is 32.2. The largest absolute Gasteiger partial charge is 0.494 e. The van der Waals surface area contributed by atoms with Crippen molar-refractivity contribution in [1.82, 2.24) is 14.9 Å². The highest BCUT2D eigenvalue weighted by Crippen LogP contribution is 2.39. The summed E-state index contributed by atoms with van der Waals surface area (Å²) in [7, 11) is 0. The van der Waals surface area contributed by atoms with Gasteiger partial charge in [0.05, 0.1) is 12.6 Å². The molecule has 2 atom stereocenters. The van der Waals surface area contributed by atoms with E-state index in [1.54, 1.807) is 0 Å². The van der Waals surface area contributed by atoms with Crippen LogP contribution < -0.4 is 15.5 Å². The summed E-state index contributed by atoms with van der Waals surface area (Å²) in [6.45, 7) is 2.54. The normalized spacial score (nSPS) is 17.0. The van der Waals surface area contributed by atoms with Crippen LogP contribution in [0.15, 0.2) is 90.1 Å². The van der Waals surface area contributed by atoms with Gasteiger partial charge >= 0.3 is 0 Å². The number of thioether (sulfide) groups is 1. The van der Waals surface area contributed by atoms with Gasteiger partial charge in [0.1, 0.15) is 11.0 Å². The van der Waals surface area contributed by atoms with Crippen LogP contribution in [0.25, 0.3) is 11.4 Å². The molecule has 4 aromatic rings. The number of anilines is 1. The van der Waals surface area contributed by atoms with Crippen LogP contribution in [0.4, 0.5) is 5.69 Å². The van der Waals surface area contributed by atoms with Crippen LogP contribution in [-0.2, 0) is 4.79 Å². The van der Waals surface area contributed by atoms with E-state index in [0.29, 0.717) is 23.3 Å².